The van der Waals surface area contributed by atoms with E-state index >= 15 is 0 Å². The van der Waals surface area contributed by atoms with Crippen LogP contribution >= 0.6 is 0 Å². The zero-order chi connectivity index (χ0) is 15.8. The summed E-state index contributed by atoms with van der Waals surface area (Å²) in [6.07, 6.45) is 2.31. The molecule has 1 heterocycles. The van der Waals surface area contributed by atoms with Gasteiger partial charge in [-0.05, 0) is 31.9 Å². The van der Waals surface area contributed by atoms with Gasteiger partial charge in [-0.3, -0.25) is 9.69 Å². The lowest BCUT2D eigenvalue weighted by Gasteiger charge is -2.38. The monoisotopic (exact) mass is 304 g/mol. The zero-order valence-corrected chi connectivity index (χ0v) is 13.8. The number of carbonyl (C=O) groups is 1. The quantitative estimate of drug-likeness (QED) is 0.690. The maximum Gasteiger partial charge on any atom is 0.151 e. The van der Waals surface area contributed by atoms with Crippen molar-refractivity contribution < 1.29 is 9.53 Å². The summed E-state index contributed by atoms with van der Waals surface area (Å²) >= 11 is 0. The van der Waals surface area contributed by atoms with Gasteiger partial charge in [-0.15, -0.1) is 0 Å². The van der Waals surface area contributed by atoms with E-state index in [4.69, 9.17) is 4.74 Å². The predicted octanol–water partition coefficient (Wildman–Crippen LogP) is 2.36. The molecule has 0 radical (unpaired) electrons. The summed E-state index contributed by atoms with van der Waals surface area (Å²) < 4.78 is 5.09. The van der Waals surface area contributed by atoms with Crippen LogP contribution in [0.2, 0.25) is 0 Å². The highest BCUT2D eigenvalue weighted by Crippen LogP contribution is 2.23. The van der Waals surface area contributed by atoms with E-state index in [2.05, 4.69) is 21.9 Å². The fourth-order valence-electron chi connectivity index (χ4n) is 3.16. The molecule has 122 valence electrons. The highest BCUT2D eigenvalue weighted by atomic mass is 16.5. The summed E-state index contributed by atoms with van der Waals surface area (Å²) in [4.78, 5) is 16.9. The molecule has 1 saturated heterocycles. The first-order valence-corrected chi connectivity index (χ1v) is 8.23. The second kappa shape index (κ2) is 9.03. The topological polar surface area (TPSA) is 32.8 Å². The van der Waals surface area contributed by atoms with Crippen LogP contribution in [-0.4, -0.2) is 62.0 Å². The van der Waals surface area contributed by atoms with Crippen molar-refractivity contribution in [3.63, 3.8) is 0 Å². The van der Waals surface area contributed by atoms with E-state index in [1.807, 2.05) is 18.2 Å². The maximum atomic E-state index is 12.1. The number of nitrogens with zero attached hydrogens (tertiary/aromatic N) is 2. The van der Waals surface area contributed by atoms with E-state index in [0.717, 1.165) is 51.3 Å². The minimum absolute atomic E-state index is 0.0863. The number of rotatable bonds is 8. The number of methoxy groups -OCH3 is 1. The molecule has 4 nitrogen and oxygen atoms in total. The predicted molar refractivity (Wildman–Crippen MR) is 89.0 cm³/mol. The van der Waals surface area contributed by atoms with E-state index in [-0.39, 0.29) is 11.8 Å². The van der Waals surface area contributed by atoms with Crippen LogP contribution in [0.1, 0.15) is 31.4 Å². The van der Waals surface area contributed by atoms with Gasteiger partial charge in [-0.2, -0.15) is 0 Å². The largest absolute Gasteiger partial charge is 0.385 e. The van der Waals surface area contributed by atoms with E-state index in [0.29, 0.717) is 0 Å². The van der Waals surface area contributed by atoms with Crippen LogP contribution in [0.15, 0.2) is 30.3 Å². The van der Waals surface area contributed by atoms with Crippen molar-refractivity contribution >= 4 is 5.78 Å². The fourth-order valence-corrected chi connectivity index (χ4v) is 3.16. The smallest absolute Gasteiger partial charge is 0.151 e. The number of piperazine rings is 1. The first-order valence-electron chi connectivity index (χ1n) is 8.23. The van der Waals surface area contributed by atoms with Crippen molar-refractivity contribution in [2.45, 2.75) is 25.8 Å². The highest BCUT2D eigenvalue weighted by Gasteiger charge is 2.27. The number of ketones is 1. The van der Waals surface area contributed by atoms with Crippen LogP contribution in [0.3, 0.4) is 0 Å². The molecule has 0 amide bonds. The van der Waals surface area contributed by atoms with Gasteiger partial charge in [-0.1, -0.05) is 30.3 Å². The minimum atomic E-state index is -0.0863. The van der Waals surface area contributed by atoms with Crippen LogP contribution in [-0.2, 0) is 9.53 Å². The van der Waals surface area contributed by atoms with Gasteiger partial charge in [0.25, 0.3) is 0 Å². The molecule has 1 aliphatic rings. The number of benzene rings is 1. The molecule has 22 heavy (non-hydrogen) atoms. The minimum Gasteiger partial charge on any atom is -0.385 e. The summed E-state index contributed by atoms with van der Waals surface area (Å²) in [6.45, 7) is 7.70. The van der Waals surface area contributed by atoms with Gasteiger partial charge in [0.2, 0.25) is 0 Å². The van der Waals surface area contributed by atoms with Gasteiger partial charge in [0.15, 0.2) is 5.78 Å². The first kappa shape index (κ1) is 17.1. The number of unbranched alkanes of at least 4 members (excludes halogenated alkanes) is 1. The molecule has 1 unspecified atom stereocenters. The van der Waals surface area contributed by atoms with Gasteiger partial charge in [0, 0.05) is 39.9 Å². The van der Waals surface area contributed by atoms with Crippen molar-refractivity contribution in [1.29, 1.82) is 0 Å². The van der Waals surface area contributed by atoms with Crippen molar-refractivity contribution in [2.75, 3.05) is 46.4 Å². The molecule has 0 N–H and O–H groups in total. The average Bonchev–Trinajstić information content (AvgIpc) is 2.54. The van der Waals surface area contributed by atoms with Crippen LogP contribution in [0.5, 0.6) is 0 Å². The van der Waals surface area contributed by atoms with Crippen molar-refractivity contribution in [3.8, 4) is 0 Å². The number of ether oxygens (including phenoxy) is 1. The van der Waals surface area contributed by atoms with Crippen LogP contribution < -0.4 is 0 Å². The Morgan fingerprint density at radius 3 is 2.41 bits per heavy atom. The Morgan fingerprint density at radius 1 is 1.14 bits per heavy atom. The molecule has 1 aromatic carbocycles. The molecule has 0 aromatic heterocycles. The third kappa shape index (κ3) is 4.90. The second-order valence-electron chi connectivity index (χ2n) is 6.00. The molecule has 1 aliphatic heterocycles. The summed E-state index contributed by atoms with van der Waals surface area (Å²) in [7, 11) is 1.75. The summed E-state index contributed by atoms with van der Waals surface area (Å²) in [5.74, 6) is 0.236. The molecule has 0 spiro atoms. The van der Waals surface area contributed by atoms with Crippen LogP contribution in [0.4, 0.5) is 0 Å². The number of Topliss-reactive ketones (excluding diaryl/α,β-unsaturated/α-hetero) is 1. The van der Waals surface area contributed by atoms with E-state index in [1.54, 1.807) is 14.0 Å². The molecular weight excluding hydrogens is 276 g/mol. The van der Waals surface area contributed by atoms with Crippen molar-refractivity contribution in [2.24, 2.45) is 0 Å². The fraction of sp³-hybridized carbons (Fsp3) is 0.611. The molecule has 1 atom stereocenters. The molecule has 4 heteroatoms. The molecule has 2 rings (SSSR count). The zero-order valence-electron chi connectivity index (χ0n) is 13.8. The standard InChI is InChI=1S/C18H28N2O2/c1-16(21)18(17-8-4-3-5-9-17)20-13-11-19(12-14-20)10-6-7-15-22-2/h3-5,8-9,18H,6-7,10-15H2,1-2H3. The lowest BCUT2D eigenvalue weighted by molar-refractivity contribution is -0.123. The highest BCUT2D eigenvalue weighted by molar-refractivity contribution is 5.82. The van der Waals surface area contributed by atoms with E-state index in [9.17, 15) is 4.79 Å². The number of hydrogen-bond donors (Lipinski definition) is 0. The first-order chi connectivity index (χ1) is 10.7. The second-order valence-corrected chi connectivity index (χ2v) is 6.00. The third-order valence-corrected chi connectivity index (χ3v) is 4.35. The van der Waals surface area contributed by atoms with Crippen LogP contribution in [0, 0.1) is 0 Å². The molecule has 0 aliphatic carbocycles. The maximum absolute atomic E-state index is 12.1. The van der Waals surface area contributed by atoms with E-state index in [1.165, 1.54) is 6.42 Å². The van der Waals surface area contributed by atoms with Crippen molar-refractivity contribution in [1.82, 2.24) is 9.80 Å². The SMILES string of the molecule is COCCCCN1CCN(C(C(C)=O)c2ccccc2)CC1. The Hall–Kier alpha value is -1.23. The molecular formula is C18H28N2O2. The Morgan fingerprint density at radius 2 is 1.82 bits per heavy atom. The lowest BCUT2D eigenvalue weighted by Crippen LogP contribution is -2.49. The Labute approximate surface area is 134 Å². The molecule has 1 aromatic rings. The van der Waals surface area contributed by atoms with Gasteiger partial charge in [-0.25, -0.2) is 0 Å². The van der Waals surface area contributed by atoms with Gasteiger partial charge in [0.1, 0.15) is 0 Å². The van der Waals surface area contributed by atoms with Crippen LogP contribution in [0.25, 0.3) is 0 Å². The normalized spacial score (nSPS) is 18.3. The van der Waals surface area contributed by atoms with Gasteiger partial charge in [0.05, 0.1) is 6.04 Å². The van der Waals surface area contributed by atoms with Crippen molar-refractivity contribution in [3.05, 3.63) is 35.9 Å². The Balaban J connectivity index is 1.85. The summed E-state index contributed by atoms with van der Waals surface area (Å²) in [5, 5.41) is 0. The number of hydrogen-bond acceptors (Lipinski definition) is 4. The summed E-state index contributed by atoms with van der Waals surface area (Å²) in [5.41, 5.74) is 1.11. The molecule has 0 bridgehead atoms. The summed E-state index contributed by atoms with van der Waals surface area (Å²) in [6, 6.07) is 10.1. The van der Waals surface area contributed by atoms with Gasteiger partial charge < -0.3 is 9.64 Å². The van der Waals surface area contributed by atoms with E-state index < -0.39 is 0 Å². The Kier molecular flexibility index (Phi) is 7.03. The third-order valence-electron chi connectivity index (χ3n) is 4.35. The Bertz CT molecular complexity index is 442. The molecule has 1 fully saturated rings. The lowest BCUT2D eigenvalue weighted by atomic mass is 10.0. The van der Waals surface area contributed by atoms with Gasteiger partial charge >= 0.3 is 0 Å². The number of carbonyl (C=O) groups excluding carboxylic acids is 1. The average molecular weight is 304 g/mol. The molecule has 0 saturated carbocycles.